The van der Waals surface area contributed by atoms with E-state index in [0.29, 0.717) is 26.3 Å². The van der Waals surface area contributed by atoms with Crippen molar-refractivity contribution in [2.75, 3.05) is 57.4 Å². The number of hydrogen-bond donors (Lipinski definition) is 0. The molecule has 0 atom stereocenters. The molecule has 3 heterocycles. The molecule has 0 spiro atoms. The molecule has 10 heteroatoms. The number of piperazine rings is 1. The van der Waals surface area contributed by atoms with Gasteiger partial charge in [0.25, 0.3) is 11.9 Å². The Hall–Kier alpha value is -2.10. The van der Waals surface area contributed by atoms with E-state index in [1.807, 2.05) is 0 Å². The number of carbonyl (C=O) groups excluding carboxylic acids is 1. The van der Waals surface area contributed by atoms with E-state index in [4.69, 9.17) is 4.74 Å². The quantitative estimate of drug-likeness (QED) is 0.566. The van der Waals surface area contributed by atoms with E-state index in [1.54, 1.807) is 9.80 Å². The average molecular weight is 348 g/mol. The van der Waals surface area contributed by atoms with Gasteiger partial charge in [0.15, 0.2) is 0 Å². The van der Waals surface area contributed by atoms with Gasteiger partial charge in [-0.1, -0.05) is 0 Å². The number of rotatable bonds is 1. The van der Waals surface area contributed by atoms with Crippen LogP contribution in [0.3, 0.4) is 0 Å². The van der Waals surface area contributed by atoms with Crippen molar-refractivity contribution < 1.29 is 27.1 Å². The molecule has 2 aliphatic heterocycles. The average Bonchev–Trinajstić information content (AvgIpc) is 2.61. The Labute approximate surface area is 135 Å². The van der Waals surface area contributed by atoms with Crippen LogP contribution >= 0.6 is 0 Å². The third kappa shape index (κ3) is 3.10. The maximum Gasteiger partial charge on any atom is 0.320 e. The van der Waals surface area contributed by atoms with Gasteiger partial charge in [-0.15, -0.1) is 0 Å². The van der Waals surface area contributed by atoms with Crippen molar-refractivity contribution in [3.63, 3.8) is 0 Å². The van der Waals surface area contributed by atoms with E-state index in [1.165, 1.54) is 4.90 Å². The first kappa shape index (κ1) is 16.7. The Morgan fingerprint density at radius 1 is 0.833 bits per heavy atom. The lowest BCUT2D eigenvalue weighted by molar-refractivity contribution is 0.0428. The lowest BCUT2D eigenvalue weighted by Gasteiger charge is -2.39. The first-order chi connectivity index (χ1) is 11.5. The lowest BCUT2D eigenvalue weighted by Crippen LogP contribution is -2.55. The van der Waals surface area contributed by atoms with Gasteiger partial charge in [0.05, 0.1) is 13.2 Å². The van der Waals surface area contributed by atoms with Crippen LogP contribution in [0.1, 0.15) is 0 Å². The Bertz CT molecular complexity index is 605. The Kier molecular flexibility index (Phi) is 4.74. The van der Waals surface area contributed by atoms with E-state index in [2.05, 4.69) is 4.98 Å². The van der Waals surface area contributed by atoms with E-state index >= 15 is 0 Å². The molecule has 1 aromatic heterocycles. The third-order valence-corrected chi connectivity index (χ3v) is 4.12. The zero-order valence-corrected chi connectivity index (χ0v) is 12.8. The normalized spacial score (nSPS) is 18.9. The SMILES string of the molecule is O=C(N1CCOCC1)N1CCN(c2c(F)c(F)nc(F)c2F)CC1. The number of halogens is 4. The number of urea groups is 1. The van der Waals surface area contributed by atoms with Crippen LogP contribution in [0, 0.1) is 23.5 Å². The standard InChI is InChI=1S/C14H16F4N4O2/c15-9-11(10(16)13(18)19-12(9)17)20-1-3-21(4-2-20)14(23)22-5-7-24-8-6-22/h1-8H2. The molecule has 24 heavy (non-hydrogen) atoms. The number of anilines is 1. The monoisotopic (exact) mass is 348 g/mol. The lowest BCUT2D eigenvalue weighted by atomic mass is 10.2. The van der Waals surface area contributed by atoms with Gasteiger partial charge in [-0.3, -0.25) is 0 Å². The number of aromatic nitrogens is 1. The van der Waals surface area contributed by atoms with Gasteiger partial charge in [-0.2, -0.15) is 22.5 Å². The number of hydrogen-bond acceptors (Lipinski definition) is 4. The highest BCUT2D eigenvalue weighted by Crippen LogP contribution is 2.27. The second-order valence-electron chi connectivity index (χ2n) is 5.53. The summed E-state index contributed by atoms with van der Waals surface area (Å²) in [7, 11) is 0. The molecule has 2 amide bonds. The molecule has 0 unspecified atom stereocenters. The fourth-order valence-electron chi connectivity index (χ4n) is 2.83. The smallest absolute Gasteiger partial charge is 0.320 e. The van der Waals surface area contributed by atoms with Crippen LogP contribution in [0.25, 0.3) is 0 Å². The number of nitrogens with zero attached hydrogens (tertiary/aromatic N) is 4. The molecule has 3 rings (SSSR count). The second-order valence-corrected chi connectivity index (χ2v) is 5.53. The molecule has 2 saturated heterocycles. The van der Waals surface area contributed by atoms with Gasteiger partial charge in [0, 0.05) is 39.3 Å². The van der Waals surface area contributed by atoms with Crippen LogP contribution in [0.4, 0.5) is 28.0 Å². The molecule has 6 nitrogen and oxygen atoms in total. The summed E-state index contributed by atoms with van der Waals surface area (Å²) >= 11 is 0. The van der Waals surface area contributed by atoms with E-state index in [-0.39, 0.29) is 32.2 Å². The molecule has 0 bridgehead atoms. The summed E-state index contributed by atoms with van der Waals surface area (Å²) in [5.74, 6) is -6.42. The molecule has 2 aliphatic rings. The first-order valence-corrected chi connectivity index (χ1v) is 7.55. The molecule has 0 aromatic carbocycles. The highest BCUT2D eigenvalue weighted by molar-refractivity contribution is 5.75. The molecule has 0 N–H and O–H groups in total. The van der Waals surface area contributed by atoms with E-state index in [9.17, 15) is 22.4 Å². The van der Waals surface area contributed by atoms with Crippen LogP contribution in [0.5, 0.6) is 0 Å². The van der Waals surface area contributed by atoms with Crippen molar-refractivity contribution in [2.24, 2.45) is 0 Å². The van der Waals surface area contributed by atoms with E-state index in [0.717, 1.165) is 0 Å². The Morgan fingerprint density at radius 3 is 1.88 bits per heavy atom. The van der Waals surface area contributed by atoms with Crippen molar-refractivity contribution in [1.29, 1.82) is 0 Å². The van der Waals surface area contributed by atoms with Crippen LogP contribution < -0.4 is 4.90 Å². The van der Waals surface area contributed by atoms with Crippen molar-refractivity contribution in [1.82, 2.24) is 14.8 Å². The molecule has 2 fully saturated rings. The second kappa shape index (κ2) is 6.80. The van der Waals surface area contributed by atoms with Crippen molar-refractivity contribution >= 4 is 11.7 Å². The Balaban J connectivity index is 1.68. The Morgan fingerprint density at radius 2 is 1.33 bits per heavy atom. The summed E-state index contributed by atoms with van der Waals surface area (Å²) < 4.78 is 59.2. The summed E-state index contributed by atoms with van der Waals surface area (Å²) in [5, 5.41) is 0. The minimum Gasteiger partial charge on any atom is -0.378 e. The predicted molar refractivity (Wildman–Crippen MR) is 75.6 cm³/mol. The minimum absolute atomic E-state index is 0.0623. The summed E-state index contributed by atoms with van der Waals surface area (Å²) in [5.41, 5.74) is -0.779. The first-order valence-electron chi connectivity index (χ1n) is 7.55. The minimum atomic E-state index is -1.68. The fraction of sp³-hybridized carbons (Fsp3) is 0.571. The largest absolute Gasteiger partial charge is 0.378 e. The highest BCUT2D eigenvalue weighted by Gasteiger charge is 2.31. The van der Waals surface area contributed by atoms with Crippen LogP contribution in [-0.4, -0.2) is 73.3 Å². The summed E-state index contributed by atoms with van der Waals surface area (Å²) in [6.07, 6.45) is 0. The molecule has 0 aliphatic carbocycles. The molecular weight excluding hydrogens is 332 g/mol. The number of morpholine rings is 1. The van der Waals surface area contributed by atoms with Gasteiger partial charge < -0.3 is 19.4 Å². The maximum atomic E-state index is 13.8. The van der Waals surface area contributed by atoms with Crippen LogP contribution in [0.2, 0.25) is 0 Å². The number of amides is 2. The predicted octanol–water partition coefficient (Wildman–Crippen LogP) is 1.21. The third-order valence-electron chi connectivity index (χ3n) is 4.12. The van der Waals surface area contributed by atoms with Gasteiger partial charge in [0.2, 0.25) is 11.6 Å². The molecule has 132 valence electrons. The van der Waals surface area contributed by atoms with Gasteiger partial charge in [0.1, 0.15) is 5.69 Å². The number of pyridine rings is 1. The van der Waals surface area contributed by atoms with Crippen molar-refractivity contribution in [3.8, 4) is 0 Å². The topological polar surface area (TPSA) is 48.9 Å². The fourth-order valence-corrected chi connectivity index (χ4v) is 2.83. The number of ether oxygens (including phenoxy) is 1. The van der Waals surface area contributed by atoms with Crippen LogP contribution in [0.15, 0.2) is 0 Å². The van der Waals surface area contributed by atoms with Gasteiger partial charge >= 0.3 is 6.03 Å². The zero-order chi connectivity index (χ0) is 17.3. The summed E-state index contributed by atoms with van der Waals surface area (Å²) in [6.45, 7) is 2.43. The van der Waals surface area contributed by atoms with Gasteiger partial charge in [-0.05, 0) is 0 Å². The van der Waals surface area contributed by atoms with E-state index < -0.39 is 29.2 Å². The zero-order valence-electron chi connectivity index (χ0n) is 12.8. The summed E-state index contributed by atoms with van der Waals surface area (Å²) in [4.78, 5) is 19.3. The molecular formula is C14H16F4N4O2. The molecule has 1 aromatic rings. The molecule has 0 radical (unpaired) electrons. The van der Waals surface area contributed by atoms with Crippen molar-refractivity contribution in [3.05, 3.63) is 23.5 Å². The summed E-state index contributed by atoms with van der Waals surface area (Å²) in [6, 6.07) is -0.175. The number of carbonyl (C=O) groups is 1. The van der Waals surface area contributed by atoms with Gasteiger partial charge in [-0.25, -0.2) is 4.79 Å². The highest BCUT2D eigenvalue weighted by atomic mass is 19.2. The van der Waals surface area contributed by atoms with Crippen molar-refractivity contribution in [2.45, 2.75) is 0 Å². The maximum absolute atomic E-state index is 13.8. The molecule has 0 saturated carbocycles. The van der Waals surface area contributed by atoms with Crippen LogP contribution in [-0.2, 0) is 4.74 Å².